The lowest BCUT2D eigenvalue weighted by Gasteiger charge is -2.08. The lowest BCUT2D eigenvalue weighted by Crippen LogP contribution is -2.05. The Balaban J connectivity index is 1.77. The highest BCUT2D eigenvalue weighted by atomic mass is 35.5. The fraction of sp³-hybridized carbons (Fsp3) is 0.222. The Labute approximate surface area is 140 Å². The van der Waals surface area contributed by atoms with Crippen molar-refractivity contribution in [2.75, 3.05) is 11.9 Å². The quantitative estimate of drug-likeness (QED) is 0.797. The molecule has 0 spiro atoms. The van der Waals surface area contributed by atoms with Gasteiger partial charge in [0.25, 0.3) is 0 Å². The van der Waals surface area contributed by atoms with Gasteiger partial charge in [-0.05, 0) is 43.2 Å². The van der Waals surface area contributed by atoms with Gasteiger partial charge < -0.3 is 5.32 Å². The molecule has 116 valence electrons. The van der Waals surface area contributed by atoms with Crippen molar-refractivity contribution >= 4 is 17.4 Å². The number of hydrogen-bond donors (Lipinski definition) is 1. The van der Waals surface area contributed by atoms with Crippen LogP contribution in [-0.2, 0) is 12.8 Å². The predicted octanol–water partition coefficient (Wildman–Crippen LogP) is 3.79. The average molecular weight is 325 g/mol. The van der Waals surface area contributed by atoms with Gasteiger partial charge in [-0.2, -0.15) is 5.10 Å². The van der Waals surface area contributed by atoms with E-state index in [0.717, 1.165) is 52.9 Å². The third-order valence-corrected chi connectivity index (χ3v) is 4.62. The highest BCUT2D eigenvalue weighted by Gasteiger charge is 2.23. The summed E-state index contributed by atoms with van der Waals surface area (Å²) in [5.41, 5.74) is 5.46. The minimum absolute atomic E-state index is 0.747. The molecule has 1 aliphatic heterocycles. The number of pyridine rings is 1. The third kappa shape index (κ3) is 2.59. The number of anilines is 1. The molecule has 0 saturated carbocycles. The van der Waals surface area contributed by atoms with E-state index in [9.17, 15) is 0 Å². The van der Waals surface area contributed by atoms with Crippen molar-refractivity contribution in [1.82, 2.24) is 14.8 Å². The van der Waals surface area contributed by atoms with Gasteiger partial charge in [0.1, 0.15) is 5.82 Å². The van der Waals surface area contributed by atoms with Crippen molar-refractivity contribution in [3.05, 3.63) is 70.1 Å². The maximum atomic E-state index is 6.28. The zero-order chi connectivity index (χ0) is 15.8. The Morgan fingerprint density at radius 2 is 2.17 bits per heavy atom. The molecule has 0 bridgehead atoms. The number of nitrogens with zero attached hydrogens (tertiary/aromatic N) is 3. The van der Waals surface area contributed by atoms with Gasteiger partial charge in [0.05, 0.1) is 11.4 Å². The lowest BCUT2D eigenvalue weighted by molar-refractivity contribution is 0.833. The maximum Gasteiger partial charge on any atom is 0.133 e. The van der Waals surface area contributed by atoms with Crippen molar-refractivity contribution in [3.63, 3.8) is 0 Å². The largest absolute Gasteiger partial charge is 0.369 e. The Morgan fingerprint density at radius 3 is 2.96 bits per heavy atom. The molecule has 0 aliphatic carbocycles. The van der Waals surface area contributed by atoms with Gasteiger partial charge in [-0.15, -0.1) is 0 Å². The van der Waals surface area contributed by atoms with Gasteiger partial charge >= 0.3 is 0 Å². The first-order chi connectivity index (χ1) is 11.2. The van der Waals surface area contributed by atoms with Gasteiger partial charge in [-0.1, -0.05) is 23.7 Å². The minimum Gasteiger partial charge on any atom is -0.369 e. The molecular weight excluding hydrogens is 308 g/mol. The molecule has 1 aliphatic rings. The molecule has 2 aromatic heterocycles. The van der Waals surface area contributed by atoms with E-state index in [1.807, 2.05) is 48.1 Å². The van der Waals surface area contributed by atoms with E-state index in [2.05, 4.69) is 16.4 Å². The second-order valence-electron chi connectivity index (χ2n) is 5.79. The topological polar surface area (TPSA) is 42.7 Å². The summed E-state index contributed by atoms with van der Waals surface area (Å²) >= 11 is 6.28. The SMILES string of the molecule is Cc1ccc(-n2nc(Cc3ccccn3)c3c2NCC3)cc1Cl. The summed E-state index contributed by atoms with van der Waals surface area (Å²) in [5, 5.41) is 9.03. The van der Waals surface area contributed by atoms with E-state index in [1.165, 1.54) is 5.56 Å². The summed E-state index contributed by atoms with van der Waals surface area (Å²) in [6.07, 6.45) is 3.57. The number of aromatic nitrogens is 3. The van der Waals surface area contributed by atoms with Gasteiger partial charge in [0.15, 0.2) is 0 Å². The zero-order valence-corrected chi connectivity index (χ0v) is 13.6. The molecule has 3 aromatic rings. The number of nitrogens with one attached hydrogen (secondary N) is 1. The summed E-state index contributed by atoms with van der Waals surface area (Å²) in [5.74, 6) is 1.08. The molecule has 0 fully saturated rings. The molecule has 1 N–H and O–H groups in total. The van der Waals surface area contributed by atoms with Crippen LogP contribution in [0.15, 0.2) is 42.6 Å². The molecule has 0 unspecified atom stereocenters. The smallest absolute Gasteiger partial charge is 0.133 e. The van der Waals surface area contributed by atoms with Crippen molar-refractivity contribution in [1.29, 1.82) is 0 Å². The van der Waals surface area contributed by atoms with Crippen molar-refractivity contribution in [2.45, 2.75) is 19.8 Å². The van der Waals surface area contributed by atoms with Crippen LogP contribution >= 0.6 is 11.6 Å². The summed E-state index contributed by atoms with van der Waals surface area (Å²) in [6.45, 7) is 2.95. The monoisotopic (exact) mass is 324 g/mol. The van der Waals surface area contributed by atoms with E-state index < -0.39 is 0 Å². The second kappa shape index (κ2) is 5.70. The van der Waals surface area contributed by atoms with Crippen LogP contribution < -0.4 is 5.32 Å². The molecule has 5 heteroatoms. The first kappa shape index (κ1) is 14.3. The van der Waals surface area contributed by atoms with E-state index in [1.54, 1.807) is 0 Å². The molecule has 1 aromatic carbocycles. The van der Waals surface area contributed by atoms with Crippen LogP contribution in [-0.4, -0.2) is 21.3 Å². The standard InChI is InChI=1S/C18H17ClN4/c1-12-5-6-14(11-16(12)19)23-18-15(7-9-21-18)17(22-23)10-13-4-2-3-8-20-13/h2-6,8,11,21H,7,9-10H2,1H3. The molecule has 3 heterocycles. The third-order valence-electron chi connectivity index (χ3n) is 4.21. The minimum atomic E-state index is 0.747. The Morgan fingerprint density at radius 1 is 1.26 bits per heavy atom. The Kier molecular flexibility index (Phi) is 3.54. The van der Waals surface area contributed by atoms with E-state index in [4.69, 9.17) is 16.7 Å². The highest BCUT2D eigenvalue weighted by molar-refractivity contribution is 6.31. The normalized spacial score (nSPS) is 13.0. The van der Waals surface area contributed by atoms with Crippen LogP contribution in [0.1, 0.15) is 22.5 Å². The van der Waals surface area contributed by atoms with E-state index in [0.29, 0.717) is 0 Å². The van der Waals surface area contributed by atoms with E-state index in [-0.39, 0.29) is 0 Å². The lowest BCUT2D eigenvalue weighted by atomic mass is 10.1. The number of benzene rings is 1. The van der Waals surface area contributed by atoms with Gasteiger partial charge in [-0.25, -0.2) is 4.68 Å². The molecule has 0 atom stereocenters. The van der Waals surface area contributed by atoms with E-state index >= 15 is 0 Å². The van der Waals surface area contributed by atoms with Gasteiger partial charge in [0, 0.05) is 35.4 Å². The van der Waals surface area contributed by atoms with Crippen molar-refractivity contribution < 1.29 is 0 Å². The summed E-state index contributed by atoms with van der Waals surface area (Å²) in [4.78, 5) is 4.42. The van der Waals surface area contributed by atoms with Crippen LogP contribution in [0.4, 0.5) is 5.82 Å². The maximum absolute atomic E-state index is 6.28. The molecule has 0 radical (unpaired) electrons. The fourth-order valence-electron chi connectivity index (χ4n) is 2.96. The number of hydrogen-bond acceptors (Lipinski definition) is 3. The second-order valence-corrected chi connectivity index (χ2v) is 6.20. The predicted molar refractivity (Wildman–Crippen MR) is 92.5 cm³/mol. The molecular formula is C18H17ClN4. The van der Waals surface area contributed by atoms with Gasteiger partial charge in [-0.3, -0.25) is 4.98 Å². The Bertz CT molecular complexity index is 855. The van der Waals surface area contributed by atoms with Crippen LogP contribution in [0.25, 0.3) is 5.69 Å². The number of halogens is 1. The van der Waals surface area contributed by atoms with Crippen LogP contribution in [0.2, 0.25) is 5.02 Å². The van der Waals surface area contributed by atoms with Gasteiger partial charge in [0.2, 0.25) is 0 Å². The first-order valence-electron chi connectivity index (χ1n) is 7.73. The van der Waals surface area contributed by atoms with Crippen molar-refractivity contribution in [3.8, 4) is 5.69 Å². The Hall–Kier alpha value is -2.33. The van der Waals surface area contributed by atoms with Crippen LogP contribution in [0.5, 0.6) is 0 Å². The molecule has 4 rings (SSSR count). The average Bonchev–Trinajstić information content (AvgIpc) is 3.15. The summed E-state index contributed by atoms with van der Waals surface area (Å²) < 4.78 is 1.96. The first-order valence-corrected chi connectivity index (χ1v) is 8.11. The van der Waals surface area contributed by atoms with Crippen LogP contribution in [0.3, 0.4) is 0 Å². The number of aryl methyl sites for hydroxylation is 1. The molecule has 0 amide bonds. The highest BCUT2D eigenvalue weighted by Crippen LogP contribution is 2.31. The molecule has 4 nitrogen and oxygen atoms in total. The zero-order valence-electron chi connectivity index (χ0n) is 12.9. The summed E-state index contributed by atoms with van der Waals surface area (Å²) in [6, 6.07) is 12.0. The molecule has 0 saturated heterocycles. The number of rotatable bonds is 3. The number of fused-ring (bicyclic) bond motifs is 1. The summed E-state index contributed by atoms with van der Waals surface area (Å²) in [7, 11) is 0. The fourth-order valence-corrected chi connectivity index (χ4v) is 3.14. The van der Waals surface area contributed by atoms with Crippen LogP contribution in [0, 0.1) is 6.92 Å². The van der Waals surface area contributed by atoms with Crippen molar-refractivity contribution in [2.24, 2.45) is 0 Å². The molecule has 23 heavy (non-hydrogen) atoms.